The summed E-state index contributed by atoms with van der Waals surface area (Å²) in [6.07, 6.45) is 0. The Balaban J connectivity index is 0.00000302. The summed E-state index contributed by atoms with van der Waals surface area (Å²) in [6.45, 7) is 0. The van der Waals surface area contributed by atoms with E-state index in [1.807, 2.05) is 0 Å². The van der Waals surface area contributed by atoms with Gasteiger partial charge in [-0.05, 0) is 42.5 Å². The number of benzene rings is 4. The molecule has 4 N–H and O–H groups in total. The van der Waals surface area contributed by atoms with Gasteiger partial charge in [-0.1, -0.05) is 0 Å². The van der Waals surface area contributed by atoms with Crippen molar-refractivity contribution in [2.24, 2.45) is 0 Å². The molecule has 0 fully saturated rings. The van der Waals surface area contributed by atoms with Crippen LogP contribution in [0.2, 0.25) is 0 Å². The van der Waals surface area contributed by atoms with E-state index >= 15 is 0 Å². The van der Waals surface area contributed by atoms with Crippen molar-refractivity contribution in [1.29, 1.82) is 0 Å². The molecule has 0 bridgehead atoms. The molecule has 6 rings (SSSR count). The number of fused-ring (bicyclic) bond motifs is 2. The van der Waals surface area contributed by atoms with Gasteiger partial charge >= 0.3 is 66.9 Å². The second-order valence-corrected chi connectivity index (χ2v) is 12.7. The third-order valence-electron chi connectivity index (χ3n) is 7.29. The van der Waals surface area contributed by atoms with Gasteiger partial charge in [-0.15, -0.1) is 0 Å². The van der Waals surface area contributed by atoms with Gasteiger partial charge in [-0.3, -0.25) is 19.4 Å². The van der Waals surface area contributed by atoms with Gasteiger partial charge < -0.3 is 51.9 Å². The Morgan fingerprint density at radius 1 is 0.654 bits per heavy atom. The summed E-state index contributed by atoms with van der Waals surface area (Å²) < 4.78 is 55.2. The number of phenols is 2. The predicted octanol–water partition coefficient (Wildman–Crippen LogP) is -1.98. The molecule has 0 saturated carbocycles. The first-order valence-electron chi connectivity index (χ1n) is 14.0. The van der Waals surface area contributed by atoms with Crippen LogP contribution in [0.1, 0.15) is 0 Å². The molecule has 52 heavy (non-hydrogen) atoms. The largest absolute Gasteiger partial charge is 1.00 e. The average molecular weight is 770 g/mol. The molecule has 2 heterocycles. The fraction of sp³-hybridized carbons (Fsp3) is 0.0625. The third kappa shape index (κ3) is 8.61. The van der Waals surface area contributed by atoms with Crippen molar-refractivity contribution in [3.8, 4) is 68.3 Å². The number of ether oxygens (including phenoxy) is 2. The van der Waals surface area contributed by atoms with Crippen molar-refractivity contribution < 1.29 is 125 Å². The summed E-state index contributed by atoms with van der Waals surface area (Å²) in [5, 5.41) is 20.5. The Labute approximate surface area is 336 Å². The first kappa shape index (κ1) is 41.2. The number of hydrogen-bond acceptors (Lipinski definition) is 14. The molecule has 0 aliphatic rings. The minimum atomic E-state index is -5.81. The van der Waals surface area contributed by atoms with Crippen LogP contribution in [0.4, 0.5) is 0 Å². The summed E-state index contributed by atoms with van der Waals surface area (Å²) >= 11 is 0. The number of aromatic hydroxyl groups is 2. The normalized spacial score (nSPS) is 11.4. The van der Waals surface area contributed by atoms with Gasteiger partial charge in [0.25, 0.3) is 0 Å². The second kappa shape index (κ2) is 15.8. The molecule has 0 amide bonds. The van der Waals surface area contributed by atoms with Crippen LogP contribution in [0.3, 0.4) is 0 Å². The molecule has 0 spiro atoms. The van der Waals surface area contributed by atoms with E-state index in [2.05, 4.69) is 4.52 Å². The summed E-state index contributed by atoms with van der Waals surface area (Å²) in [6, 6.07) is 15.0. The zero-order chi connectivity index (χ0) is 36.1. The van der Waals surface area contributed by atoms with Crippen molar-refractivity contribution in [1.82, 2.24) is 0 Å². The molecule has 6 aromatic rings. The topological polar surface area (TPSA) is 259 Å². The molecule has 16 nitrogen and oxygen atoms in total. The van der Waals surface area contributed by atoms with Gasteiger partial charge in [0.2, 0.25) is 0 Å². The number of phenolic OH excluding ortho intramolecular Hbond substituents is 2. The molecular weight excluding hydrogens is 748 g/mol. The monoisotopic (exact) mass is 770 g/mol. The summed E-state index contributed by atoms with van der Waals surface area (Å²) in [5.74, 6) is -2.42. The maximum absolute atomic E-state index is 13.4. The third-order valence-corrected chi connectivity index (χ3v) is 8.16. The first-order chi connectivity index (χ1) is 23.5. The molecular formula is C32H22Na2O16P2. The minimum Gasteiger partial charge on any atom is -0.780 e. The van der Waals surface area contributed by atoms with Crippen molar-refractivity contribution >= 4 is 37.6 Å². The number of phosphoric ester groups is 2. The fourth-order valence-electron chi connectivity index (χ4n) is 5.27. The van der Waals surface area contributed by atoms with Gasteiger partial charge in [0.05, 0.1) is 19.8 Å². The van der Waals surface area contributed by atoms with Gasteiger partial charge in [0.1, 0.15) is 70.2 Å². The van der Waals surface area contributed by atoms with E-state index < -0.39 is 60.5 Å². The zero-order valence-electron chi connectivity index (χ0n) is 27.5. The van der Waals surface area contributed by atoms with Crippen molar-refractivity contribution in [2.75, 3.05) is 14.2 Å². The molecule has 0 saturated heterocycles. The van der Waals surface area contributed by atoms with Gasteiger partial charge in [-0.2, -0.15) is 0 Å². The fourth-order valence-corrected chi connectivity index (χ4v) is 6.03. The predicted molar refractivity (Wildman–Crippen MR) is 172 cm³/mol. The van der Waals surface area contributed by atoms with E-state index in [0.29, 0.717) is 11.3 Å². The summed E-state index contributed by atoms with van der Waals surface area (Å²) in [7, 11) is -8.16. The molecule has 4 aromatic carbocycles. The molecule has 0 aliphatic heterocycles. The van der Waals surface area contributed by atoms with Gasteiger partial charge in [-0.25, -0.2) is 4.57 Å². The minimum absolute atomic E-state index is 0. The molecule has 2 aromatic heterocycles. The number of rotatable bonds is 9. The summed E-state index contributed by atoms with van der Waals surface area (Å²) in [5.41, 5.74) is -2.19. The van der Waals surface area contributed by atoms with E-state index in [0.717, 1.165) is 30.3 Å². The Bertz CT molecular complexity index is 2540. The van der Waals surface area contributed by atoms with Crippen molar-refractivity contribution in [2.45, 2.75) is 0 Å². The summed E-state index contributed by atoms with van der Waals surface area (Å²) in [4.78, 5) is 68.7. The first-order valence-corrected chi connectivity index (χ1v) is 17.0. The van der Waals surface area contributed by atoms with Crippen LogP contribution >= 0.6 is 15.6 Å². The number of methoxy groups -OCH3 is 2. The maximum Gasteiger partial charge on any atom is 1.00 e. The SMILES string of the molecule is COc1ccc(-c2cc(=O)c3c(O)cc(OP(=O)([O-])[O-])c(-c4cc(-c5cc(=O)c6c(O)cc(OP(=O)(O)O)cc6o5)ccc4OC)c3o2)cc1.[Na+].[Na+]. The molecule has 258 valence electrons. The van der Waals surface area contributed by atoms with Crippen LogP contribution in [0, 0.1) is 0 Å². The quantitative estimate of drug-likeness (QED) is 0.0917. The van der Waals surface area contributed by atoms with Crippen molar-refractivity contribution in [3.63, 3.8) is 0 Å². The number of phosphoric acid groups is 2. The zero-order valence-corrected chi connectivity index (χ0v) is 33.3. The smallest absolute Gasteiger partial charge is 0.780 e. The molecule has 0 radical (unpaired) electrons. The van der Waals surface area contributed by atoms with Crippen LogP contribution in [-0.4, -0.2) is 34.2 Å². The van der Waals surface area contributed by atoms with Gasteiger partial charge in [0.15, 0.2) is 16.4 Å². The van der Waals surface area contributed by atoms with E-state index in [9.17, 15) is 48.5 Å². The molecule has 0 atom stereocenters. The number of hydrogen-bond donors (Lipinski definition) is 4. The molecule has 20 heteroatoms. The van der Waals surface area contributed by atoms with Crippen LogP contribution in [0.15, 0.2) is 91.2 Å². The second-order valence-electron chi connectivity index (χ2n) is 10.5. The van der Waals surface area contributed by atoms with Gasteiger partial charge in [0, 0.05) is 47.0 Å². The standard InChI is InChI=1S/C32H24O16P2.2Na/c1-43-17-6-3-15(4-7-17)25-13-22(35)31-23(36)14-28(48-50(40,41)42)29(32(31)46-25)19-9-16(5-8-24(19)44-2)26-12-21(34)30-20(33)10-18(11-27(30)45-26)47-49(37,38)39;;/h3-14,33,36H,1-2H3,(H2,37,38,39)(H2,40,41,42);;/q;2*+1/p-2. The Morgan fingerprint density at radius 2 is 1.25 bits per heavy atom. The van der Waals surface area contributed by atoms with E-state index in [1.165, 1.54) is 32.4 Å². The van der Waals surface area contributed by atoms with Crippen LogP contribution in [-0.2, 0) is 9.13 Å². The average Bonchev–Trinajstić information content (AvgIpc) is 3.02. The maximum atomic E-state index is 13.4. The Kier molecular flexibility index (Phi) is 12.5. The Hall–Kier alpha value is -3.60. The van der Waals surface area contributed by atoms with E-state index in [-0.39, 0.29) is 104 Å². The van der Waals surface area contributed by atoms with E-state index in [4.69, 9.17) is 22.8 Å². The van der Waals surface area contributed by atoms with Crippen LogP contribution < -0.4 is 98.3 Å². The van der Waals surface area contributed by atoms with Crippen LogP contribution in [0.5, 0.6) is 34.5 Å². The van der Waals surface area contributed by atoms with Crippen molar-refractivity contribution in [3.05, 3.63) is 93.2 Å². The molecule has 0 unspecified atom stereocenters. The van der Waals surface area contributed by atoms with E-state index in [1.54, 1.807) is 24.3 Å². The molecule has 0 aliphatic carbocycles. The Morgan fingerprint density at radius 3 is 1.85 bits per heavy atom. The van der Waals surface area contributed by atoms with Crippen LogP contribution in [0.25, 0.3) is 55.7 Å².